The van der Waals surface area contributed by atoms with E-state index in [1.54, 1.807) is 0 Å². The third-order valence-electron chi connectivity index (χ3n) is 6.42. The molecule has 0 aromatic heterocycles. The molecule has 174 valence electrons. The summed E-state index contributed by atoms with van der Waals surface area (Å²) in [6.45, 7) is 0.821. The molecule has 0 fully saturated rings. The van der Waals surface area contributed by atoms with Gasteiger partial charge in [0, 0.05) is 0 Å². The van der Waals surface area contributed by atoms with Crippen molar-refractivity contribution in [2.75, 3.05) is 12.7 Å². The summed E-state index contributed by atoms with van der Waals surface area (Å²) in [4.78, 5) is 0. The van der Waals surface area contributed by atoms with Crippen molar-refractivity contribution in [3.63, 3.8) is 0 Å². The number of benzene rings is 3. The molecule has 0 spiro atoms. The number of hydrogen-bond donors (Lipinski definition) is 1. The van der Waals surface area contributed by atoms with Gasteiger partial charge in [0.25, 0.3) is 0 Å². The van der Waals surface area contributed by atoms with E-state index in [-0.39, 0.29) is 12.4 Å². The van der Waals surface area contributed by atoms with Crippen molar-refractivity contribution in [2.24, 2.45) is 5.73 Å². The second kappa shape index (κ2) is 13.4. The van der Waals surface area contributed by atoms with Crippen LogP contribution in [0.3, 0.4) is 0 Å². The molecule has 0 radical (unpaired) electrons. The van der Waals surface area contributed by atoms with Gasteiger partial charge in [0.2, 0.25) is 0 Å². The number of hydrogen-bond acceptors (Lipinski definition) is 1. The maximum atomic E-state index is 8.09. The quantitative estimate of drug-likeness (QED) is 0.200. The fraction of sp³-hybridized carbons (Fsp3) is 0.357. The summed E-state index contributed by atoms with van der Waals surface area (Å²) in [6.07, 6.45) is 11.0. The van der Waals surface area contributed by atoms with Crippen molar-refractivity contribution >= 4 is 45.5 Å². The van der Waals surface area contributed by atoms with Crippen LogP contribution in [0.25, 0.3) is 0 Å². The number of nitrogens with two attached hydrogens (primary N) is 1. The molecule has 1 nitrogen and oxygen atoms in total. The van der Waals surface area contributed by atoms with Crippen LogP contribution in [0.1, 0.15) is 51.4 Å². The average molecular weight is 490 g/mol. The Labute approximate surface area is 205 Å². The second-order valence-electron chi connectivity index (χ2n) is 8.53. The molecule has 0 saturated heterocycles. The van der Waals surface area contributed by atoms with E-state index in [1.807, 2.05) is 0 Å². The molecule has 0 saturated carbocycles. The fourth-order valence-electron chi connectivity index (χ4n) is 4.66. The minimum absolute atomic E-state index is 0. The van der Waals surface area contributed by atoms with Gasteiger partial charge in [-0.15, -0.1) is 12.4 Å². The van der Waals surface area contributed by atoms with Crippen molar-refractivity contribution in [3.05, 3.63) is 91.0 Å². The topological polar surface area (TPSA) is 26.0 Å². The summed E-state index contributed by atoms with van der Waals surface area (Å²) in [7, 11) is 0. The van der Waals surface area contributed by atoms with E-state index in [2.05, 4.69) is 91.0 Å². The molecule has 0 aliphatic rings. The van der Waals surface area contributed by atoms with E-state index in [0.717, 1.165) is 25.5 Å². The Morgan fingerprint density at radius 1 is 0.500 bits per heavy atom. The standard InChI is InChI=1S/C28H37ClNP.ClH/c29-31(26-18-10-7-11-19-26,27-20-12-8-13-21-27,28-22-14-9-15-23-28)25-17-6-4-2-1-3-5-16-24-30;/h7-15,18-23H,1-6,16-17,24-25,30H2;1H. The summed E-state index contributed by atoms with van der Waals surface area (Å²) in [5.41, 5.74) is 5.60. The van der Waals surface area contributed by atoms with Gasteiger partial charge in [0.1, 0.15) is 0 Å². The summed E-state index contributed by atoms with van der Waals surface area (Å²) in [6, 6.07) is 32.5. The van der Waals surface area contributed by atoms with E-state index in [1.165, 1.54) is 54.4 Å². The fourth-order valence-corrected chi connectivity index (χ4v) is 10.9. The summed E-state index contributed by atoms with van der Waals surface area (Å²) in [5, 5.41) is 3.82. The molecule has 4 heteroatoms. The SMILES string of the molecule is Cl.NCCCCCCCCCCP(Cl)(c1ccccc1)(c1ccccc1)c1ccccc1. The molecule has 0 amide bonds. The van der Waals surface area contributed by atoms with Crippen LogP contribution in [0, 0.1) is 0 Å². The third kappa shape index (κ3) is 6.15. The Kier molecular flexibility index (Phi) is 11.2. The van der Waals surface area contributed by atoms with Gasteiger partial charge in [-0.05, 0) is 0 Å². The zero-order chi connectivity index (χ0) is 21.9. The predicted molar refractivity (Wildman–Crippen MR) is 149 cm³/mol. The molecule has 0 heterocycles. The van der Waals surface area contributed by atoms with E-state index >= 15 is 0 Å². The van der Waals surface area contributed by atoms with E-state index in [9.17, 15) is 0 Å². The average Bonchev–Trinajstić information content (AvgIpc) is 2.84. The van der Waals surface area contributed by atoms with E-state index < -0.39 is 5.96 Å². The third-order valence-corrected chi connectivity index (χ3v) is 14.0. The molecule has 0 unspecified atom stereocenters. The van der Waals surface area contributed by atoms with Gasteiger partial charge in [-0.2, -0.15) is 0 Å². The van der Waals surface area contributed by atoms with Crippen LogP contribution in [0.15, 0.2) is 91.0 Å². The Balaban J connectivity index is 0.00000363. The van der Waals surface area contributed by atoms with Crippen LogP contribution in [0.4, 0.5) is 0 Å². The molecule has 3 rings (SSSR count). The normalized spacial score (nSPS) is 12.5. The van der Waals surface area contributed by atoms with Crippen molar-refractivity contribution < 1.29 is 0 Å². The number of rotatable bonds is 13. The monoisotopic (exact) mass is 489 g/mol. The first-order chi connectivity index (χ1) is 15.2. The molecular weight excluding hydrogens is 452 g/mol. The van der Waals surface area contributed by atoms with Gasteiger partial charge in [0.05, 0.1) is 0 Å². The molecule has 0 aliphatic carbocycles. The van der Waals surface area contributed by atoms with Crippen LogP contribution < -0.4 is 21.6 Å². The minimum atomic E-state index is -3.06. The first-order valence-corrected chi connectivity index (χ1v) is 15.1. The van der Waals surface area contributed by atoms with Gasteiger partial charge >= 0.3 is 194 Å². The molecule has 2 N–H and O–H groups in total. The first kappa shape index (κ1) is 26.9. The maximum absolute atomic E-state index is 8.09. The van der Waals surface area contributed by atoms with Crippen LogP contribution in [-0.4, -0.2) is 12.7 Å². The number of halogens is 2. The van der Waals surface area contributed by atoms with E-state index in [4.69, 9.17) is 17.0 Å². The van der Waals surface area contributed by atoms with Gasteiger partial charge in [0.15, 0.2) is 0 Å². The van der Waals surface area contributed by atoms with Crippen molar-refractivity contribution in [1.82, 2.24) is 0 Å². The van der Waals surface area contributed by atoms with Gasteiger partial charge in [-0.1, -0.05) is 0 Å². The zero-order valence-corrected chi connectivity index (χ0v) is 21.5. The molecular formula is C28H38Cl2NP. The second-order valence-corrected chi connectivity index (χ2v) is 15.1. The van der Waals surface area contributed by atoms with Gasteiger partial charge in [-0.25, -0.2) is 0 Å². The Morgan fingerprint density at radius 3 is 1.16 bits per heavy atom. The van der Waals surface area contributed by atoms with Crippen molar-refractivity contribution in [3.8, 4) is 0 Å². The van der Waals surface area contributed by atoms with Gasteiger partial charge in [-0.3, -0.25) is 0 Å². The molecule has 3 aromatic rings. The van der Waals surface area contributed by atoms with Crippen LogP contribution in [-0.2, 0) is 0 Å². The van der Waals surface area contributed by atoms with E-state index in [0.29, 0.717) is 0 Å². The number of unbranched alkanes of at least 4 members (excludes halogenated alkanes) is 7. The van der Waals surface area contributed by atoms with Crippen molar-refractivity contribution in [2.45, 2.75) is 51.4 Å². The molecule has 32 heavy (non-hydrogen) atoms. The molecule has 0 bridgehead atoms. The molecule has 3 aromatic carbocycles. The van der Waals surface area contributed by atoms with Gasteiger partial charge < -0.3 is 0 Å². The van der Waals surface area contributed by atoms with Crippen molar-refractivity contribution in [1.29, 1.82) is 0 Å². The zero-order valence-electron chi connectivity index (χ0n) is 19.0. The van der Waals surface area contributed by atoms with Crippen LogP contribution >= 0.6 is 29.6 Å². The molecule has 0 aliphatic heterocycles. The Morgan fingerprint density at radius 2 is 0.812 bits per heavy atom. The summed E-state index contributed by atoms with van der Waals surface area (Å²) < 4.78 is 0. The summed E-state index contributed by atoms with van der Waals surface area (Å²) in [5.74, 6) is -3.06. The summed E-state index contributed by atoms with van der Waals surface area (Å²) >= 11 is 8.09. The van der Waals surface area contributed by atoms with Crippen LogP contribution in [0.2, 0.25) is 0 Å². The predicted octanol–water partition coefficient (Wildman–Crippen LogP) is 7.17. The molecule has 0 atom stereocenters. The van der Waals surface area contributed by atoms with Crippen LogP contribution in [0.5, 0.6) is 0 Å². The Hall–Kier alpha value is -1.37. The Bertz CT molecular complexity index is 788. The first-order valence-electron chi connectivity index (χ1n) is 11.8.